The molecule has 0 saturated heterocycles. The predicted molar refractivity (Wildman–Crippen MR) is 108 cm³/mol. The summed E-state index contributed by atoms with van der Waals surface area (Å²) < 4.78 is 25.3. The molecule has 2 rings (SSSR count). The van der Waals surface area contributed by atoms with Crippen molar-refractivity contribution in [2.75, 3.05) is 26.0 Å². The topological polar surface area (TPSA) is 78.5 Å². The SMILES string of the molecule is CC(C)[C@H](NCC(=O)Nc1ccc(S(=O)(=O)N(C)C)cc1)c1ccccc1. The van der Waals surface area contributed by atoms with Crippen LogP contribution in [0.1, 0.15) is 25.5 Å². The van der Waals surface area contributed by atoms with Crippen LogP contribution in [-0.2, 0) is 14.8 Å². The lowest BCUT2D eigenvalue weighted by Gasteiger charge is -2.22. The van der Waals surface area contributed by atoms with Gasteiger partial charge in [-0.2, -0.15) is 0 Å². The third-order valence-corrected chi connectivity index (χ3v) is 6.05. The molecule has 1 atom stereocenters. The maximum atomic E-state index is 12.3. The van der Waals surface area contributed by atoms with Gasteiger partial charge < -0.3 is 10.6 Å². The molecule has 0 radical (unpaired) electrons. The van der Waals surface area contributed by atoms with Crippen molar-refractivity contribution >= 4 is 21.6 Å². The van der Waals surface area contributed by atoms with Crippen molar-refractivity contribution < 1.29 is 13.2 Å². The average molecular weight is 390 g/mol. The van der Waals surface area contributed by atoms with Gasteiger partial charge >= 0.3 is 0 Å². The zero-order valence-corrected chi connectivity index (χ0v) is 17.0. The van der Waals surface area contributed by atoms with Gasteiger partial charge in [-0.25, -0.2) is 12.7 Å². The molecule has 2 N–H and O–H groups in total. The van der Waals surface area contributed by atoms with Crippen molar-refractivity contribution in [1.29, 1.82) is 0 Å². The third kappa shape index (κ3) is 5.63. The number of carbonyl (C=O) groups excluding carboxylic acids is 1. The molecule has 2 aromatic carbocycles. The molecule has 0 aliphatic heterocycles. The number of nitrogens with zero attached hydrogens (tertiary/aromatic N) is 1. The van der Waals surface area contributed by atoms with Crippen molar-refractivity contribution in [2.24, 2.45) is 5.92 Å². The molecule has 0 unspecified atom stereocenters. The summed E-state index contributed by atoms with van der Waals surface area (Å²) in [5.74, 6) is 0.149. The lowest BCUT2D eigenvalue weighted by molar-refractivity contribution is -0.115. The Balaban J connectivity index is 1.97. The summed E-state index contributed by atoms with van der Waals surface area (Å²) in [6, 6.07) is 16.2. The van der Waals surface area contributed by atoms with Gasteiger partial charge in [0.2, 0.25) is 15.9 Å². The summed E-state index contributed by atoms with van der Waals surface area (Å²) in [5.41, 5.74) is 1.69. The van der Waals surface area contributed by atoms with Crippen LogP contribution >= 0.6 is 0 Å². The Kier molecular flexibility index (Phi) is 7.12. The van der Waals surface area contributed by atoms with Gasteiger partial charge in [-0.1, -0.05) is 44.2 Å². The number of amides is 1. The summed E-state index contributed by atoms with van der Waals surface area (Å²) >= 11 is 0. The minimum absolute atomic E-state index is 0.0737. The van der Waals surface area contributed by atoms with Crippen molar-refractivity contribution in [2.45, 2.75) is 24.8 Å². The second kappa shape index (κ2) is 9.12. The first-order valence-corrected chi connectivity index (χ1v) is 10.3. The van der Waals surface area contributed by atoms with E-state index in [2.05, 4.69) is 24.5 Å². The average Bonchev–Trinajstić information content (AvgIpc) is 2.63. The van der Waals surface area contributed by atoms with Crippen LogP contribution in [0.4, 0.5) is 5.69 Å². The summed E-state index contributed by atoms with van der Waals surface area (Å²) in [5, 5.41) is 6.08. The number of rotatable bonds is 8. The zero-order chi connectivity index (χ0) is 20.0. The van der Waals surface area contributed by atoms with Crippen LogP contribution in [0.5, 0.6) is 0 Å². The zero-order valence-electron chi connectivity index (χ0n) is 16.1. The molecular weight excluding hydrogens is 362 g/mol. The normalized spacial score (nSPS) is 13.0. The highest BCUT2D eigenvalue weighted by molar-refractivity contribution is 7.89. The minimum Gasteiger partial charge on any atom is -0.325 e. The minimum atomic E-state index is -3.48. The molecule has 0 bridgehead atoms. The molecule has 0 aromatic heterocycles. The van der Waals surface area contributed by atoms with Crippen molar-refractivity contribution in [3.8, 4) is 0 Å². The van der Waals surface area contributed by atoms with Crippen LogP contribution in [0.3, 0.4) is 0 Å². The summed E-state index contributed by atoms with van der Waals surface area (Å²) in [4.78, 5) is 12.4. The first-order chi connectivity index (χ1) is 12.7. The summed E-state index contributed by atoms with van der Waals surface area (Å²) in [7, 11) is -0.514. The van der Waals surface area contributed by atoms with Gasteiger partial charge in [0.1, 0.15) is 0 Å². The van der Waals surface area contributed by atoms with E-state index in [0.717, 1.165) is 9.87 Å². The lowest BCUT2D eigenvalue weighted by Crippen LogP contribution is -2.33. The number of carbonyl (C=O) groups is 1. The Bertz CT molecular complexity index is 848. The Morgan fingerprint density at radius 3 is 2.11 bits per heavy atom. The molecule has 7 heteroatoms. The molecule has 0 spiro atoms. The van der Waals surface area contributed by atoms with Crippen LogP contribution < -0.4 is 10.6 Å². The largest absolute Gasteiger partial charge is 0.325 e. The van der Waals surface area contributed by atoms with Gasteiger partial charge in [-0.05, 0) is 35.7 Å². The monoisotopic (exact) mass is 389 g/mol. The maximum absolute atomic E-state index is 12.3. The maximum Gasteiger partial charge on any atom is 0.242 e. The fourth-order valence-electron chi connectivity index (χ4n) is 2.73. The van der Waals surface area contributed by atoms with Crippen molar-refractivity contribution in [3.63, 3.8) is 0 Å². The number of anilines is 1. The van der Waals surface area contributed by atoms with Gasteiger partial charge in [0.15, 0.2) is 0 Å². The smallest absolute Gasteiger partial charge is 0.242 e. The van der Waals surface area contributed by atoms with Crippen LogP contribution in [0.25, 0.3) is 0 Å². The van der Waals surface area contributed by atoms with Gasteiger partial charge in [0.25, 0.3) is 0 Å². The molecule has 2 aromatic rings. The predicted octanol–water partition coefficient (Wildman–Crippen LogP) is 2.86. The standard InChI is InChI=1S/C20H27N3O3S/c1-15(2)20(16-8-6-5-7-9-16)21-14-19(24)22-17-10-12-18(13-11-17)27(25,26)23(3)4/h5-13,15,20-21H,14H2,1-4H3,(H,22,24)/t20-/m0/s1. The molecule has 146 valence electrons. The number of sulfonamides is 1. The molecular formula is C20H27N3O3S. The van der Waals surface area contributed by atoms with Gasteiger partial charge in [-0.15, -0.1) is 0 Å². The highest BCUT2D eigenvalue weighted by Gasteiger charge is 2.18. The molecule has 1 amide bonds. The second-order valence-corrected chi connectivity index (χ2v) is 9.03. The van der Waals surface area contributed by atoms with Gasteiger partial charge in [0.05, 0.1) is 11.4 Å². The van der Waals surface area contributed by atoms with E-state index >= 15 is 0 Å². The molecule has 0 aliphatic rings. The molecule has 27 heavy (non-hydrogen) atoms. The van der Waals surface area contributed by atoms with E-state index in [4.69, 9.17) is 0 Å². The van der Waals surface area contributed by atoms with Gasteiger partial charge in [0, 0.05) is 25.8 Å². The van der Waals surface area contributed by atoms with Crippen LogP contribution in [-0.4, -0.2) is 39.3 Å². The number of hydrogen-bond acceptors (Lipinski definition) is 4. The van der Waals surface area contributed by atoms with E-state index in [1.54, 1.807) is 12.1 Å². The fraction of sp³-hybridized carbons (Fsp3) is 0.350. The Hall–Kier alpha value is -2.22. The number of nitrogens with one attached hydrogen (secondary N) is 2. The Morgan fingerprint density at radius 1 is 1.00 bits per heavy atom. The lowest BCUT2D eigenvalue weighted by atomic mass is 9.96. The molecule has 0 saturated carbocycles. The molecule has 6 nitrogen and oxygen atoms in total. The van der Waals surface area contributed by atoms with Crippen molar-refractivity contribution in [1.82, 2.24) is 9.62 Å². The van der Waals surface area contributed by atoms with E-state index in [1.807, 2.05) is 30.3 Å². The van der Waals surface area contributed by atoms with E-state index in [-0.39, 0.29) is 23.4 Å². The third-order valence-electron chi connectivity index (χ3n) is 4.22. The first kappa shape index (κ1) is 21.1. The van der Waals surface area contributed by atoms with E-state index in [9.17, 15) is 13.2 Å². The summed E-state index contributed by atoms with van der Waals surface area (Å²) in [6.45, 7) is 4.37. The van der Waals surface area contributed by atoms with E-state index in [1.165, 1.54) is 26.2 Å². The molecule has 0 fully saturated rings. The van der Waals surface area contributed by atoms with E-state index in [0.29, 0.717) is 11.6 Å². The van der Waals surface area contributed by atoms with Gasteiger partial charge in [-0.3, -0.25) is 4.79 Å². The second-order valence-electron chi connectivity index (χ2n) is 6.87. The Morgan fingerprint density at radius 2 is 1.59 bits per heavy atom. The highest BCUT2D eigenvalue weighted by Crippen LogP contribution is 2.21. The molecule has 0 heterocycles. The number of hydrogen-bond donors (Lipinski definition) is 2. The van der Waals surface area contributed by atoms with Crippen LogP contribution in [0.2, 0.25) is 0 Å². The van der Waals surface area contributed by atoms with Crippen LogP contribution in [0.15, 0.2) is 59.5 Å². The Labute approximate surface area is 161 Å². The molecule has 0 aliphatic carbocycles. The van der Waals surface area contributed by atoms with Crippen LogP contribution in [0, 0.1) is 5.92 Å². The first-order valence-electron chi connectivity index (χ1n) is 8.82. The quantitative estimate of drug-likeness (QED) is 0.728. The fourth-order valence-corrected chi connectivity index (χ4v) is 3.63. The number of benzene rings is 2. The summed E-state index contributed by atoms with van der Waals surface area (Å²) in [6.07, 6.45) is 0. The highest BCUT2D eigenvalue weighted by atomic mass is 32.2. The van der Waals surface area contributed by atoms with Crippen molar-refractivity contribution in [3.05, 3.63) is 60.2 Å². The van der Waals surface area contributed by atoms with E-state index < -0.39 is 10.0 Å².